The van der Waals surface area contributed by atoms with Crippen LogP contribution in [0.4, 0.5) is 0 Å². The normalized spacial score (nSPS) is 17.9. The number of benzene rings is 1. The Bertz CT molecular complexity index is 1020. The number of H-pyrrole nitrogens is 1. The maximum atomic E-state index is 12.9. The zero-order chi connectivity index (χ0) is 19.8. The van der Waals surface area contributed by atoms with Gasteiger partial charge in [0.15, 0.2) is 11.6 Å². The number of nitrogens with one attached hydrogen (secondary N) is 1. The highest BCUT2D eigenvalue weighted by atomic mass is 32.1. The molecule has 0 saturated carbocycles. The van der Waals surface area contributed by atoms with Crippen molar-refractivity contribution in [1.29, 1.82) is 0 Å². The number of nitrogens with zero attached hydrogens (tertiary/aromatic N) is 2. The molecule has 0 radical (unpaired) electrons. The molecule has 1 aliphatic heterocycles. The van der Waals surface area contributed by atoms with Gasteiger partial charge in [0.05, 0.1) is 27.5 Å². The number of piperidine rings is 1. The fourth-order valence-corrected chi connectivity index (χ4v) is 5.40. The summed E-state index contributed by atoms with van der Waals surface area (Å²) in [6.45, 7) is 7.40. The van der Waals surface area contributed by atoms with Gasteiger partial charge in [-0.1, -0.05) is 12.1 Å². The molecule has 0 unspecified atom stereocenters. The van der Waals surface area contributed by atoms with E-state index in [0.29, 0.717) is 23.7 Å². The Kier molecular flexibility index (Phi) is 5.17. The molecule has 1 atom stereocenters. The average Bonchev–Trinajstić information content (AvgIpc) is 3.22. The quantitative estimate of drug-likeness (QED) is 0.646. The molecule has 1 N–H and O–H groups in total. The average molecular weight is 396 g/mol. The molecule has 28 heavy (non-hydrogen) atoms. The molecular weight excluding hydrogens is 370 g/mol. The molecule has 1 fully saturated rings. The number of hydrogen-bond donors (Lipinski definition) is 1. The van der Waals surface area contributed by atoms with E-state index in [1.165, 1.54) is 9.71 Å². The molecule has 4 rings (SSSR count). The van der Waals surface area contributed by atoms with Crippen molar-refractivity contribution in [2.75, 3.05) is 19.6 Å². The summed E-state index contributed by atoms with van der Waals surface area (Å²) in [4.78, 5) is 34.9. The molecule has 0 bridgehead atoms. The molecular formula is C22H25N3O2S. The first-order valence-electron chi connectivity index (χ1n) is 9.75. The Morgan fingerprint density at radius 2 is 2.07 bits per heavy atom. The van der Waals surface area contributed by atoms with Crippen LogP contribution in [0, 0.1) is 13.8 Å². The maximum Gasteiger partial charge on any atom is 0.193 e. The predicted molar refractivity (Wildman–Crippen MR) is 113 cm³/mol. The second kappa shape index (κ2) is 7.60. The van der Waals surface area contributed by atoms with Crippen LogP contribution in [0.1, 0.15) is 62.8 Å². The van der Waals surface area contributed by atoms with E-state index in [2.05, 4.69) is 22.0 Å². The van der Waals surface area contributed by atoms with Crippen LogP contribution >= 0.6 is 11.3 Å². The van der Waals surface area contributed by atoms with Crippen molar-refractivity contribution >= 4 is 33.1 Å². The summed E-state index contributed by atoms with van der Waals surface area (Å²) in [7, 11) is 0. The zero-order valence-electron chi connectivity index (χ0n) is 16.5. The van der Waals surface area contributed by atoms with Crippen LogP contribution in [0.3, 0.4) is 0 Å². The third kappa shape index (κ3) is 3.54. The minimum atomic E-state index is -0.000766. The molecule has 1 saturated heterocycles. The third-order valence-corrected chi connectivity index (χ3v) is 6.80. The molecule has 146 valence electrons. The summed E-state index contributed by atoms with van der Waals surface area (Å²) >= 11 is 1.77. The van der Waals surface area contributed by atoms with Crippen LogP contribution in [0.25, 0.3) is 10.2 Å². The van der Waals surface area contributed by atoms with E-state index in [1.54, 1.807) is 18.3 Å². The summed E-state index contributed by atoms with van der Waals surface area (Å²) in [5.41, 5.74) is 3.83. The fourth-order valence-electron chi connectivity index (χ4n) is 4.30. The van der Waals surface area contributed by atoms with Crippen molar-refractivity contribution in [2.45, 2.75) is 39.5 Å². The molecule has 1 aromatic carbocycles. The molecule has 6 heteroatoms. The monoisotopic (exact) mass is 395 g/mol. The van der Waals surface area contributed by atoms with E-state index >= 15 is 0 Å². The second-order valence-electron chi connectivity index (χ2n) is 7.70. The summed E-state index contributed by atoms with van der Waals surface area (Å²) in [5.74, 6) is 0.426. The number of carbonyl (C=O) groups excluding carboxylic acids is 2. The Morgan fingerprint density at radius 3 is 2.79 bits per heavy atom. The molecule has 5 nitrogen and oxygen atoms in total. The van der Waals surface area contributed by atoms with E-state index in [-0.39, 0.29) is 11.6 Å². The standard InChI is InChI=1S/C22H25N3O2S/c1-13-20(15(3)26)14(2)23-21(13)18(27)12-25-10-6-7-16(11-25)22-24-17-8-4-5-9-19(17)28-22/h4-5,8-9,16,23H,6-7,10-12H2,1-3H3/t16-/m1/s1. The maximum absolute atomic E-state index is 12.9. The second-order valence-corrected chi connectivity index (χ2v) is 8.76. The lowest BCUT2D eigenvalue weighted by atomic mass is 9.98. The van der Waals surface area contributed by atoms with Crippen LogP contribution in [0.5, 0.6) is 0 Å². The van der Waals surface area contributed by atoms with Gasteiger partial charge in [-0.3, -0.25) is 14.5 Å². The van der Waals surface area contributed by atoms with Gasteiger partial charge in [0.25, 0.3) is 0 Å². The number of carbonyl (C=O) groups is 2. The van der Waals surface area contributed by atoms with Gasteiger partial charge in [0, 0.05) is 23.7 Å². The van der Waals surface area contributed by atoms with Gasteiger partial charge in [-0.15, -0.1) is 11.3 Å². The molecule has 3 aromatic rings. The van der Waals surface area contributed by atoms with Gasteiger partial charge in [-0.25, -0.2) is 4.98 Å². The lowest BCUT2D eigenvalue weighted by Crippen LogP contribution is -2.38. The third-order valence-electron chi connectivity index (χ3n) is 5.60. The molecule has 0 spiro atoms. The highest BCUT2D eigenvalue weighted by molar-refractivity contribution is 7.18. The number of aromatic nitrogens is 2. The Hall–Kier alpha value is -2.31. The van der Waals surface area contributed by atoms with E-state index in [0.717, 1.165) is 42.7 Å². The number of aromatic amines is 1. The summed E-state index contributed by atoms with van der Waals surface area (Å²) < 4.78 is 1.22. The summed E-state index contributed by atoms with van der Waals surface area (Å²) in [6, 6.07) is 8.24. The largest absolute Gasteiger partial charge is 0.355 e. The SMILES string of the molecule is CC(=O)c1c(C)[nH]c(C(=O)CN2CCC[C@@H](c3nc4ccccc4s3)C2)c1C. The minimum absolute atomic E-state index is 0.000766. The first kappa shape index (κ1) is 19.0. The van der Waals surface area contributed by atoms with Gasteiger partial charge in [-0.05, 0) is 57.9 Å². The van der Waals surface area contributed by atoms with Crippen LogP contribution in [-0.2, 0) is 0 Å². The van der Waals surface area contributed by atoms with Gasteiger partial charge in [-0.2, -0.15) is 0 Å². The van der Waals surface area contributed by atoms with Gasteiger partial charge < -0.3 is 4.98 Å². The van der Waals surface area contributed by atoms with Crippen molar-refractivity contribution < 1.29 is 9.59 Å². The van der Waals surface area contributed by atoms with Crippen molar-refractivity contribution in [3.05, 3.63) is 51.8 Å². The van der Waals surface area contributed by atoms with E-state index < -0.39 is 0 Å². The van der Waals surface area contributed by atoms with E-state index in [1.807, 2.05) is 26.0 Å². The Labute approximate surface area is 168 Å². The molecule has 3 heterocycles. The number of para-hydroxylation sites is 1. The Morgan fingerprint density at radius 1 is 1.29 bits per heavy atom. The van der Waals surface area contributed by atoms with Crippen molar-refractivity contribution in [3.8, 4) is 0 Å². The van der Waals surface area contributed by atoms with Gasteiger partial charge in [0.1, 0.15) is 0 Å². The van der Waals surface area contributed by atoms with Gasteiger partial charge >= 0.3 is 0 Å². The summed E-state index contributed by atoms with van der Waals surface area (Å²) in [5, 5.41) is 1.17. The Balaban J connectivity index is 1.49. The summed E-state index contributed by atoms with van der Waals surface area (Å²) in [6.07, 6.45) is 2.18. The number of thiazole rings is 1. The smallest absolute Gasteiger partial charge is 0.193 e. The first-order chi connectivity index (χ1) is 13.4. The number of rotatable bonds is 5. The fraction of sp³-hybridized carbons (Fsp3) is 0.409. The lowest BCUT2D eigenvalue weighted by molar-refractivity contribution is 0.0901. The first-order valence-corrected chi connectivity index (χ1v) is 10.6. The predicted octanol–water partition coefficient (Wildman–Crippen LogP) is 4.51. The minimum Gasteiger partial charge on any atom is -0.355 e. The number of Topliss-reactive ketones (excluding diaryl/α,β-unsaturated/α-hetero) is 2. The zero-order valence-corrected chi connectivity index (χ0v) is 17.4. The highest BCUT2D eigenvalue weighted by Crippen LogP contribution is 2.33. The van der Waals surface area contributed by atoms with Crippen LogP contribution in [0.15, 0.2) is 24.3 Å². The van der Waals surface area contributed by atoms with E-state index in [9.17, 15) is 9.59 Å². The number of hydrogen-bond acceptors (Lipinski definition) is 5. The number of aryl methyl sites for hydroxylation is 1. The van der Waals surface area contributed by atoms with E-state index in [4.69, 9.17) is 4.98 Å². The van der Waals surface area contributed by atoms with Crippen LogP contribution in [-0.4, -0.2) is 46.1 Å². The van der Waals surface area contributed by atoms with Crippen molar-refractivity contribution in [1.82, 2.24) is 14.9 Å². The molecule has 0 amide bonds. The number of likely N-dealkylation sites (tertiary alicyclic amines) is 1. The number of fused-ring (bicyclic) bond motifs is 1. The topological polar surface area (TPSA) is 66.1 Å². The number of ketones is 2. The van der Waals surface area contributed by atoms with Crippen LogP contribution < -0.4 is 0 Å². The van der Waals surface area contributed by atoms with Crippen molar-refractivity contribution in [3.63, 3.8) is 0 Å². The van der Waals surface area contributed by atoms with Crippen LogP contribution in [0.2, 0.25) is 0 Å². The molecule has 2 aromatic heterocycles. The lowest BCUT2D eigenvalue weighted by Gasteiger charge is -2.31. The van der Waals surface area contributed by atoms with Crippen molar-refractivity contribution in [2.24, 2.45) is 0 Å². The molecule has 0 aliphatic carbocycles. The molecule has 1 aliphatic rings. The van der Waals surface area contributed by atoms with Gasteiger partial charge in [0.2, 0.25) is 0 Å². The highest BCUT2D eigenvalue weighted by Gasteiger charge is 2.27.